The van der Waals surface area contributed by atoms with Gasteiger partial charge in [0.1, 0.15) is 5.52 Å². The average Bonchev–Trinajstić information content (AvgIpc) is 2.81. The van der Waals surface area contributed by atoms with E-state index in [-0.39, 0.29) is 5.28 Å². The van der Waals surface area contributed by atoms with Gasteiger partial charge in [-0.2, -0.15) is 9.97 Å². The molecule has 6 heteroatoms. The van der Waals surface area contributed by atoms with Gasteiger partial charge >= 0.3 is 0 Å². The van der Waals surface area contributed by atoms with Crippen LogP contribution in [0.5, 0.6) is 5.88 Å². The van der Waals surface area contributed by atoms with Crippen LogP contribution in [-0.2, 0) is 0 Å². The maximum absolute atomic E-state index is 5.81. The summed E-state index contributed by atoms with van der Waals surface area (Å²) >= 11 is 5.81. The Balaban J connectivity index is 1.89. The van der Waals surface area contributed by atoms with Gasteiger partial charge in [-0.05, 0) is 18.0 Å². The van der Waals surface area contributed by atoms with Crippen molar-refractivity contribution in [3.05, 3.63) is 11.6 Å². The number of nitrogens with zero attached hydrogens (tertiary/aromatic N) is 3. The smallest absolute Gasteiger partial charge is 0.244 e. The van der Waals surface area contributed by atoms with E-state index < -0.39 is 0 Å². The number of rotatable bonds is 7. The molecule has 2 aromatic heterocycles. The number of fused-ring (bicyclic) bond motifs is 1. The maximum atomic E-state index is 5.81. The van der Waals surface area contributed by atoms with Gasteiger partial charge in [0.05, 0.1) is 12.9 Å². The number of nitrogens with one attached hydrogen (secondary N) is 1. The Kier molecular flexibility index (Phi) is 4.75. The molecule has 2 rings (SSSR count). The van der Waals surface area contributed by atoms with Crippen molar-refractivity contribution in [1.29, 1.82) is 0 Å². The molecule has 0 aliphatic rings. The number of aromatic nitrogens is 4. The van der Waals surface area contributed by atoms with Crippen LogP contribution in [0.4, 0.5) is 0 Å². The lowest BCUT2D eigenvalue weighted by atomic mass is 10.2. The van der Waals surface area contributed by atoms with Crippen LogP contribution >= 0.6 is 11.6 Å². The molecule has 0 saturated heterocycles. The Labute approximate surface area is 111 Å². The second-order valence-electron chi connectivity index (χ2n) is 4.16. The summed E-state index contributed by atoms with van der Waals surface area (Å²) < 4.78 is 5.63. The largest absolute Gasteiger partial charge is 0.476 e. The summed E-state index contributed by atoms with van der Waals surface area (Å²) in [6, 6.07) is 0. The minimum absolute atomic E-state index is 0.163. The summed E-state index contributed by atoms with van der Waals surface area (Å²) in [5.41, 5.74) is 1.24. The minimum Gasteiger partial charge on any atom is -0.476 e. The van der Waals surface area contributed by atoms with Crippen LogP contribution in [0.25, 0.3) is 11.2 Å². The van der Waals surface area contributed by atoms with Crippen molar-refractivity contribution in [2.75, 3.05) is 6.61 Å². The number of imidazole rings is 1. The van der Waals surface area contributed by atoms with E-state index in [1.54, 1.807) is 6.33 Å². The van der Waals surface area contributed by atoms with Gasteiger partial charge in [-0.25, -0.2) is 4.98 Å². The van der Waals surface area contributed by atoms with E-state index >= 15 is 0 Å². The third-order valence-electron chi connectivity index (χ3n) is 2.71. The molecule has 98 valence electrons. The van der Waals surface area contributed by atoms with Crippen LogP contribution in [0.2, 0.25) is 5.28 Å². The molecule has 0 aromatic carbocycles. The van der Waals surface area contributed by atoms with Gasteiger partial charge in [0.25, 0.3) is 0 Å². The molecule has 0 amide bonds. The number of unbranched alkanes of at least 4 members (excludes halogenated alkanes) is 4. The molecule has 2 aromatic rings. The fourth-order valence-electron chi connectivity index (χ4n) is 1.76. The molecule has 1 N–H and O–H groups in total. The van der Waals surface area contributed by atoms with Crippen molar-refractivity contribution in [1.82, 2.24) is 19.9 Å². The van der Waals surface area contributed by atoms with Crippen LogP contribution in [0, 0.1) is 0 Å². The predicted molar refractivity (Wildman–Crippen MR) is 70.9 cm³/mol. The first kappa shape index (κ1) is 13.1. The van der Waals surface area contributed by atoms with Crippen molar-refractivity contribution >= 4 is 22.8 Å². The first-order valence-corrected chi connectivity index (χ1v) is 6.68. The molecule has 0 spiro atoms. The van der Waals surface area contributed by atoms with Gasteiger partial charge in [-0.3, -0.25) is 0 Å². The first-order valence-electron chi connectivity index (χ1n) is 6.30. The fraction of sp³-hybridized carbons (Fsp3) is 0.583. The van der Waals surface area contributed by atoms with Crippen molar-refractivity contribution in [2.45, 2.75) is 39.0 Å². The Bertz CT molecular complexity index is 500. The highest BCUT2D eigenvalue weighted by molar-refractivity contribution is 6.28. The number of hydrogen-bond acceptors (Lipinski definition) is 4. The monoisotopic (exact) mass is 268 g/mol. The summed E-state index contributed by atoms with van der Waals surface area (Å²) in [5.74, 6) is 0.484. The van der Waals surface area contributed by atoms with Crippen LogP contribution < -0.4 is 4.74 Å². The first-order chi connectivity index (χ1) is 8.81. The second-order valence-corrected chi connectivity index (χ2v) is 4.50. The molecule has 5 nitrogen and oxygen atoms in total. The zero-order valence-corrected chi connectivity index (χ0v) is 11.2. The normalized spacial score (nSPS) is 11.0. The van der Waals surface area contributed by atoms with Crippen LogP contribution in [0.15, 0.2) is 6.33 Å². The Morgan fingerprint density at radius 2 is 2.06 bits per heavy atom. The van der Waals surface area contributed by atoms with Gasteiger partial charge in [0.15, 0.2) is 5.65 Å². The molecular weight excluding hydrogens is 252 g/mol. The number of H-pyrrole nitrogens is 1. The molecule has 0 fully saturated rings. The number of ether oxygens (including phenoxy) is 1. The van der Waals surface area contributed by atoms with Crippen LogP contribution in [-0.4, -0.2) is 26.5 Å². The molecule has 0 unspecified atom stereocenters. The van der Waals surface area contributed by atoms with E-state index in [4.69, 9.17) is 16.3 Å². The van der Waals surface area contributed by atoms with Gasteiger partial charge in [0, 0.05) is 0 Å². The van der Waals surface area contributed by atoms with Crippen LogP contribution in [0.1, 0.15) is 39.0 Å². The van der Waals surface area contributed by atoms with Crippen LogP contribution in [0.3, 0.4) is 0 Å². The topological polar surface area (TPSA) is 63.7 Å². The highest BCUT2D eigenvalue weighted by Gasteiger charge is 2.09. The quantitative estimate of drug-likeness (QED) is 0.618. The van der Waals surface area contributed by atoms with Crippen molar-refractivity contribution in [3.63, 3.8) is 0 Å². The molecule has 18 heavy (non-hydrogen) atoms. The van der Waals surface area contributed by atoms with Crippen molar-refractivity contribution in [3.8, 4) is 5.88 Å². The van der Waals surface area contributed by atoms with E-state index in [1.165, 1.54) is 25.7 Å². The summed E-state index contributed by atoms with van der Waals surface area (Å²) in [6.07, 6.45) is 7.55. The lowest BCUT2D eigenvalue weighted by Gasteiger charge is -2.05. The molecular formula is C12H17ClN4O. The van der Waals surface area contributed by atoms with Gasteiger partial charge in [0.2, 0.25) is 11.2 Å². The van der Waals surface area contributed by atoms with Gasteiger partial charge < -0.3 is 9.72 Å². The summed E-state index contributed by atoms with van der Waals surface area (Å²) in [4.78, 5) is 15.1. The number of hydrogen-bond donors (Lipinski definition) is 1. The number of halogens is 1. The molecule has 0 saturated carbocycles. The summed E-state index contributed by atoms with van der Waals surface area (Å²) in [7, 11) is 0. The molecule has 0 bridgehead atoms. The third kappa shape index (κ3) is 3.32. The summed E-state index contributed by atoms with van der Waals surface area (Å²) in [6.45, 7) is 2.85. The van der Waals surface area contributed by atoms with Crippen molar-refractivity contribution < 1.29 is 4.74 Å². The second kappa shape index (κ2) is 6.54. The van der Waals surface area contributed by atoms with E-state index in [0.717, 1.165) is 6.42 Å². The van der Waals surface area contributed by atoms with Gasteiger partial charge in [-0.1, -0.05) is 32.6 Å². The maximum Gasteiger partial charge on any atom is 0.244 e. The average molecular weight is 269 g/mol. The molecule has 0 aliphatic carbocycles. The Morgan fingerprint density at radius 3 is 2.89 bits per heavy atom. The zero-order chi connectivity index (χ0) is 12.8. The molecule has 0 atom stereocenters. The predicted octanol–water partition coefficient (Wildman–Crippen LogP) is 3.36. The summed E-state index contributed by atoms with van der Waals surface area (Å²) in [5, 5.41) is 0.163. The van der Waals surface area contributed by atoms with E-state index in [9.17, 15) is 0 Å². The van der Waals surface area contributed by atoms with E-state index in [0.29, 0.717) is 23.7 Å². The molecule has 0 radical (unpaired) electrons. The Hall–Kier alpha value is -1.36. The van der Waals surface area contributed by atoms with Gasteiger partial charge in [-0.15, -0.1) is 0 Å². The SMILES string of the molecule is CCCCCCCOc1nc(Cl)nc2nc[nH]c12. The minimum atomic E-state index is 0.163. The standard InChI is InChI=1S/C12H17ClN4O/c1-2-3-4-5-6-7-18-11-9-10(15-8-14-9)16-12(13)17-11/h8H,2-7H2,1H3,(H,14,15,16,17). The third-order valence-corrected chi connectivity index (χ3v) is 2.88. The fourth-order valence-corrected chi connectivity index (χ4v) is 1.92. The Morgan fingerprint density at radius 1 is 1.22 bits per heavy atom. The highest BCUT2D eigenvalue weighted by atomic mass is 35.5. The lowest BCUT2D eigenvalue weighted by Crippen LogP contribution is -2.01. The molecule has 0 aliphatic heterocycles. The zero-order valence-electron chi connectivity index (χ0n) is 10.4. The lowest BCUT2D eigenvalue weighted by molar-refractivity contribution is 0.296. The molecule has 2 heterocycles. The van der Waals surface area contributed by atoms with E-state index in [1.807, 2.05) is 0 Å². The van der Waals surface area contributed by atoms with Crippen molar-refractivity contribution in [2.24, 2.45) is 0 Å². The van der Waals surface area contributed by atoms with E-state index in [2.05, 4.69) is 26.9 Å². The highest BCUT2D eigenvalue weighted by Crippen LogP contribution is 2.21. The number of aromatic amines is 1.